The summed E-state index contributed by atoms with van der Waals surface area (Å²) in [5.41, 5.74) is 2.07. The molecule has 0 aliphatic carbocycles. The number of ketones is 1. The van der Waals surface area contributed by atoms with Crippen LogP contribution < -0.4 is 19.5 Å². The van der Waals surface area contributed by atoms with Crippen LogP contribution in [0.15, 0.2) is 48.0 Å². The third-order valence-corrected chi connectivity index (χ3v) is 7.25. The highest BCUT2D eigenvalue weighted by molar-refractivity contribution is 6.46. The SMILES string of the molecule is COc1ccc(C2C(=C([O-])c3ccc4c(c3)CC(C)O4)C(=O)C(=O)N2CCC[NH+]2CCOCC2)cc1. The minimum Gasteiger partial charge on any atom is -0.872 e. The standard InChI is InChI=1S/C28H32N2O6/c1-18-16-21-17-20(6-9-23(21)36-18)26(31)24-25(19-4-7-22(34-2)8-5-19)30(28(33)27(24)32)11-3-10-29-12-14-35-15-13-29/h4-9,17-18,25,31H,3,10-16H2,1-2H3. The first-order chi connectivity index (χ1) is 17.5. The number of nitrogens with zero attached hydrogens (tertiary/aromatic N) is 1. The molecule has 1 amide bonds. The molecular weight excluding hydrogens is 460 g/mol. The zero-order valence-electron chi connectivity index (χ0n) is 20.7. The molecular formula is C28H32N2O6. The Morgan fingerprint density at radius 1 is 1.14 bits per heavy atom. The number of carbonyl (C=O) groups is 2. The van der Waals surface area contributed by atoms with Crippen molar-refractivity contribution in [1.29, 1.82) is 0 Å². The van der Waals surface area contributed by atoms with E-state index in [4.69, 9.17) is 14.2 Å². The summed E-state index contributed by atoms with van der Waals surface area (Å²) in [6.45, 7) is 6.60. The van der Waals surface area contributed by atoms with Gasteiger partial charge in [-0.15, -0.1) is 0 Å². The maximum atomic E-state index is 13.7. The number of hydrogen-bond donors (Lipinski definition) is 1. The van der Waals surface area contributed by atoms with Crippen molar-refractivity contribution in [3.8, 4) is 11.5 Å². The summed E-state index contributed by atoms with van der Waals surface area (Å²) in [5, 5.41) is 13.7. The van der Waals surface area contributed by atoms with E-state index in [1.807, 2.05) is 19.1 Å². The second-order valence-corrected chi connectivity index (χ2v) is 9.67. The molecule has 2 aromatic rings. The topological polar surface area (TPSA) is 92.6 Å². The molecule has 3 aliphatic heterocycles. The summed E-state index contributed by atoms with van der Waals surface area (Å²) in [6.07, 6.45) is 1.48. The number of methoxy groups -OCH3 is 1. The summed E-state index contributed by atoms with van der Waals surface area (Å²) in [5.74, 6) is -0.314. The molecule has 2 fully saturated rings. The van der Waals surface area contributed by atoms with Crippen LogP contribution in [0.1, 0.15) is 36.1 Å². The molecule has 8 nitrogen and oxygen atoms in total. The van der Waals surface area contributed by atoms with Crippen molar-refractivity contribution in [2.45, 2.75) is 31.9 Å². The van der Waals surface area contributed by atoms with E-state index in [-0.39, 0.29) is 11.7 Å². The summed E-state index contributed by atoms with van der Waals surface area (Å²) in [4.78, 5) is 29.5. The number of fused-ring (bicyclic) bond motifs is 1. The Morgan fingerprint density at radius 3 is 2.61 bits per heavy atom. The van der Waals surface area contributed by atoms with Gasteiger partial charge in [0, 0.05) is 25.0 Å². The van der Waals surface area contributed by atoms with E-state index in [1.54, 1.807) is 42.3 Å². The van der Waals surface area contributed by atoms with Gasteiger partial charge >= 0.3 is 0 Å². The van der Waals surface area contributed by atoms with Crippen LogP contribution in [-0.4, -0.2) is 69.2 Å². The number of carbonyl (C=O) groups excluding carboxylic acids is 2. The van der Waals surface area contributed by atoms with E-state index in [0.717, 1.165) is 56.1 Å². The molecule has 2 aromatic carbocycles. The van der Waals surface area contributed by atoms with Crippen molar-refractivity contribution in [3.63, 3.8) is 0 Å². The summed E-state index contributed by atoms with van der Waals surface area (Å²) in [6, 6.07) is 11.7. The largest absolute Gasteiger partial charge is 0.872 e. The lowest BCUT2D eigenvalue weighted by Crippen LogP contribution is -3.14. The van der Waals surface area contributed by atoms with Gasteiger partial charge in [-0.05, 0) is 47.9 Å². The van der Waals surface area contributed by atoms with Crippen LogP contribution in [0.4, 0.5) is 0 Å². The number of Topliss-reactive ketones (excluding diaryl/α,β-unsaturated/α-hetero) is 1. The third kappa shape index (κ3) is 4.70. The Bertz CT molecular complexity index is 1170. The lowest BCUT2D eigenvalue weighted by Gasteiger charge is -2.29. The van der Waals surface area contributed by atoms with Gasteiger partial charge in [-0.3, -0.25) is 9.59 Å². The molecule has 8 heteroatoms. The van der Waals surface area contributed by atoms with Gasteiger partial charge in [0.05, 0.1) is 32.9 Å². The van der Waals surface area contributed by atoms with Crippen molar-refractivity contribution in [3.05, 3.63) is 64.7 Å². The molecule has 36 heavy (non-hydrogen) atoms. The Labute approximate surface area is 211 Å². The fraction of sp³-hybridized carbons (Fsp3) is 0.429. The molecule has 5 rings (SSSR count). The lowest BCUT2D eigenvalue weighted by molar-refractivity contribution is -0.908. The first-order valence-electron chi connectivity index (χ1n) is 12.6. The first kappa shape index (κ1) is 24.3. The quantitative estimate of drug-likeness (QED) is 0.345. The lowest BCUT2D eigenvalue weighted by atomic mass is 9.94. The fourth-order valence-electron chi connectivity index (χ4n) is 5.36. The van der Waals surface area contributed by atoms with Gasteiger partial charge in [0.2, 0.25) is 5.78 Å². The summed E-state index contributed by atoms with van der Waals surface area (Å²) >= 11 is 0. The van der Waals surface area contributed by atoms with E-state index < -0.39 is 23.5 Å². The smallest absolute Gasteiger partial charge is 0.295 e. The van der Waals surface area contributed by atoms with E-state index in [2.05, 4.69) is 0 Å². The number of hydrogen-bond acceptors (Lipinski definition) is 6. The molecule has 2 atom stereocenters. The average Bonchev–Trinajstić information content (AvgIpc) is 3.40. The zero-order valence-corrected chi connectivity index (χ0v) is 20.7. The molecule has 190 valence electrons. The third-order valence-electron chi connectivity index (χ3n) is 7.25. The first-order valence-corrected chi connectivity index (χ1v) is 12.6. The minimum absolute atomic E-state index is 0.0100. The maximum Gasteiger partial charge on any atom is 0.295 e. The highest BCUT2D eigenvalue weighted by Crippen LogP contribution is 2.40. The predicted octanol–water partition coefficient (Wildman–Crippen LogP) is 0.548. The van der Waals surface area contributed by atoms with Gasteiger partial charge in [-0.2, -0.15) is 0 Å². The molecule has 0 radical (unpaired) electrons. The van der Waals surface area contributed by atoms with Gasteiger partial charge in [-0.1, -0.05) is 24.0 Å². The molecule has 3 heterocycles. The molecule has 0 bridgehead atoms. The van der Waals surface area contributed by atoms with Crippen LogP contribution in [0.2, 0.25) is 0 Å². The molecule has 2 unspecified atom stereocenters. The highest BCUT2D eigenvalue weighted by Gasteiger charge is 2.44. The highest BCUT2D eigenvalue weighted by atomic mass is 16.5. The van der Waals surface area contributed by atoms with Crippen LogP contribution in [0.5, 0.6) is 11.5 Å². The van der Waals surface area contributed by atoms with Crippen LogP contribution in [0.3, 0.4) is 0 Å². The van der Waals surface area contributed by atoms with Crippen molar-refractivity contribution in [1.82, 2.24) is 4.90 Å². The van der Waals surface area contributed by atoms with Crippen molar-refractivity contribution in [2.75, 3.05) is 46.5 Å². The number of nitrogens with one attached hydrogen (secondary N) is 1. The summed E-state index contributed by atoms with van der Waals surface area (Å²) in [7, 11) is 1.58. The van der Waals surface area contributed by atoms with Crippen LogP contribution >= 0.6 is 0 Å². The number of quaternary nitrogens is 1. The zero-order chi connectivity index (χ0) is 25.2. The second kappa shape index (κ2) is 10.3. The Hall–Kier alpha value is -3.36. The maximum absolute atomic E-state index is 13.7. The number of benzene rings is 2. The predicted molar refractivity (Wildman–Crippen MR) is 131 cm³/mol. The normalized spacial score (nSPS) is 23.6. The van der Waals surface area contributed by atoms with E-state index in [9.17, 15) is 14.7 Å². The van der Waals surface area contributed by atoms with Gasteiger partial charge < -0.3 is 29.1 Å². The van der Waals surface area contributed by atoms with E-state index >= 15 is 0 Å². The van der Waals surface area contributed by atoms with Crippen LogP contribution in [-0.2, 0) is 20.7 Å². The average molecular weight is 493 g/mol. The second-order valence-electron chi connectivity index (χ2n) is 9.67. The molecule has 0 aromatic heterocycles. The minimum atomic E-state index is -0.730. The van der Waals surface area contributed by atoms with Gasteiger partial charge in [0.25, 0.3) is 5.91 Å². The Balaban J connectivity index is 1.48. The molecule has 3 aliphatic rings. The fourth-order valence-corrected chi connectivity index (χ4v) is 5.36. The van der Waals surface area contributed by atoms with Crippen molar-refractivity contribution < 1.29 is 33.8 Å². The molecule has 0 spiro atoms. The van der Waals surface area contributed by atoms with E-state index in [0.29, 0.717) is 24.3 Å². The van der Waals surface area contributed by atoms with Gasteiger partial charge in [-0.25, -0.2) is 0 Å². The number of ether oxygens (including phenoxy) is 3. The number of rotatable bonds is 7. The summed E-state index contributed by atoms with van der Waals surface area (Å²) < 4.78 is 16.5. The Kier molecular flexibility index (Phi) is 6.98. The molecule has 0 saturated carbocycles. The van der Waals surface area contributed by atoms with Crippen LogP contribution in [0.25, 0.3) is 5.76 Å². The number of amides is 1. The molecule has 2 saturated heterocycles. The van der Waals surface area contributed by atoms with E-state index in [1.165, 1.54) is 4.90 Å². The monoisotopic (exact) mass is 492 g/mol. The van der Waals surface area contributed by atoms with Crippen molar-refractivity contribution >= 4 is 17.4 Å². The van der Waals surface area contributed by atoms with Gasteiger partial charge in [0.1, 0.15) is 30.7 Å². The Morgan fingerprint density at radius 2 is 1.89 bits per heavy atom. The molecule has 1 N–H and O–H groups in total. The number of likely N-dealkylation sites (tertiary alicyclic amines) is 1. The van der Waals surface area contributed by atoms with Gasteiger partial charge in [0.15, 0.2) is 0 Å². The van der Waals surface area contributed by atoms with Crippen LogP contribution in [0, 0.1) is 0 Å². The number of morpholine rings is 1. The van der Waals surface area contributed by atoms with Crippen molar-refractivity contribution in [2.24, 2.45) is 0 Å².